The van der Waals surface area contributed by atoms with Gasteiger partial charge in [0.1, 0.15) is 5.69 Å². The summed E-state index contributed by atoms with van der Waals surface area (Å²) in [6.45, 7) is 2.78. The third-order valence-corrected chi connectivity index (χ3v) is 4.57. The van der Waals surface area contributed by atoms with E-state index in [-0.39, 0.29) is 5.91 Å². The fraction of sp³-hybridized carbons (Fsp3) is 0.350. The fourth-order valence-corrected chi connectivity index (χ4v) is 3.00. The molecule has 1 N–H and O–H groups in total. The monoisotopic (exact) mass is 335 g/mol. The SMILES string of the molecule is CCCCNC(=O)c1cc(C2CC2)nc2onc(-c3ccccc3)c12. The maximum absolute atomic E-state index is 12.8. The molecule has 0 saturated heterocycles. The molecule has 0 aliphatic heterocycles. The molecule has 4 rings (SSSR count). The van der Waals surface area contributed by atoms with Gasteiger partial charge in [0.2, 0.25) is 0 Å². The van der Waals surface area contributed by atoms with Gasteiger partial charge in [-0.05, 0) is 25.3 Å². The van der Waals surface area contributed by atoms with Crippen LogP contribution in [0, 0.1) is 0 Å². The summed E-state index contributed by atoms with van der Waals surface area (Å²) in [5, 5.41) is 7.92. The average molecular weight is 335 g/mol. The van der Waals surface area contributed by atoms with Crippen molar-refractivity contribution in [3.8, 4) is 11.3 Å². The number of benzene rings is 1. The Bertz CT molecular complexity index is 898. The number of unbranched alkanes of at least 4 members (excludes halogenated alkanes) is 1. The van der Waals surface area contributed by atoms with Crippen LogP contribution >= 0.6 is 0 Å². The van der Waals surface area contributed by atoms with Crippen LogP contribution in [0.15, 0.2) is 40.9 Å². The normalized spacial score (nSPS) is 14.0. The predicted molar refractivity (Wildman–Crippen MR) is 96.5 cm³/mol. The molecule has 1 aromatic carbocycles. The number of carbonyl (C=O) groups excluding carboxylic acids is 1. The molecule has 0 atom stereocenters. The van der Waals surface area contributed by atoms with Crippen LogP contribution in [-0.2, 0) is 0 Å². The van der Waals surface area contributed by atoms with Crippen molar-refractivity contribution in [1.82, 2.24) is 15.5 Å². The number of pyridine rings is 1. The second kappa shape index (κ2) is 6.67. The van der Waals surface area contributed by atoms with Crippen molar-refractivity contribution in [3.05, 3.63) is 47.7 Å². The Kier molecular flexibility index (Phi) is 4.22. The lowest BCUT2D eigenvalue weighted by Crippen LogP contribution is -2.24. The molecule has 1 aliphatic carbocycles. The molecule has 0 unspecified atom stereocenters. The Morgan fingerprint density at radius 2 is 2.08 bits per heavy atom. The number of nitrogens with one attached hydrogen (secondary N) is 1. The number of amides is 1. The second-order valence-electron chi connectivity index (χ2n) is 6.56. The molecule has 1 aliphatic rings. The Labute approximate surface area is 146 Å². The minimum absolute atomic E-state index is 0.0804. The van der Waals surface area contributed by atoms with Gasteiger partial charge in [-0.15, -0.1) is 0 Å². The summed E-state index contributed by atoms with van der Waals surface area (Å²) < 4.78 is 5.50. The Balaban J connectivity index is 1.82. The third kappa shape index (κ3) is 3.14. The van der Waals surface area contributed by atoms with E-state index in [9.17, 15) is 4.79 Å². The van der Waals surface area contributed by atoms with Gasteiger partial charge in [0.25, 0.3) is 11.6 Å². The highest BCUT2D eigenvalue weighted by molar-refractivity contribution is 6.09. The van der Waals surface area contributed by atoms with Crippen LogP contribution in [0.5, 0.6) is 0 Å². The summed E-state index contributed by atoms with van der Waals surface area (Å²) in [5.41, 5.74) is 3.59. The van der Waals surface area contributed by atoms with Crippen molar-refractivity contribution in [3.63, 3.8) is 0 Å². The van der Waals surface area contributed by atoms with Gasteiger partial charge in [-0.2, -0.15) is 0 Å². The van der Waals surface area contributed by atoms with Crippen LogP contribution in [0.3, 0.4) is 0 Å². The maximum atomic E-state index is 12.8. The first-order valence-electron chi connectivity index (χ1n) is 8.92. The number of aromatic nitrogens is 2. The largest absolute Gasteiger partial charge is 0.352 e. The number of hydrogen-bond acceptors (Lipinski definition) is 4. The van der Waals surface area contributed by atoms with E-state index >= 15 is 0 Å². The third-order valence-electron chi connectivity index (χ3n) is 4.57. The topological polar surface area (TPSA) is 68.0 Å². The predicted octanol–water partition coefficient (Wildman–Crippen LogP) is 4.30. The Morgan fingerprint density at radius 1 is 1.28 bits per heavy atom. The molecule has 25 heavy (non-hydrogen) atoms. The van der Waals surface area contributed by atoms with Crippen LogP contribution in [0.1, 0.15) is 54.6 Å². The molecule has 5 heteroatoms. The molecule has 0 spiro atoms. The molecule has 0 radical (unpaired) electrons. The molecule has 2 aromatic heterocycles. The van der Waals surface area contributed by atoms with Gasteiger partial charge in [-0.3, -0.25) is 4.79 Å². The van der Waals surface area contributed by atoms with Gasteiger partial charge < -0.3 is 9.84 Å². The molecular formula is C20H21N3O2. The number of fused-ring (bicyclic) bond motifs is 1. The summed E-state index contributed by atoms with van der Waals surface area (Å²) in [7, 11) is 0. The summed E-state index contributed by atoms with van der Waals surface area (Å²) in [6.07, 6.45) is 4.25. The molecule has 128 valence electrons. The van der Waals surface area contributed by atoms with Gasteiger partial charge in [0.15, 0.2) is 0 Å². The van der Waals surface area contributed by atoms with Crippen molar-refractivity contribution < 1.29 is 9.32 Å². The van der Waals surface area contributed by atoms with E-state index in [2.05, 4.69) is 22.4 Å². The zero-order valence-electron chi connectivity index (χ0n) is 14.3. The first-order valence-corrected chi connectivity index (χ1v) is 8.92. The zero-order chi connectivity index (χ0) is 17.2. The van der Waals surface area contributed by atoms with Crippen LogP contribution < -0.4 is 5.32 Å². The lowest BCUT2D eigenvalue weighted by atomic mass is 10.0. The van der Waals surface area contributed by atoms with Gasteiger partial charge >= 0.3 is 0 Å². The average Bonchev–Trinajstić information content (AvgIpc) is 3.41. The van der Waals surface area contributed by atoms with E-state index in [0.29, 0.717) is 34.8 Å². The highest BCUT2D eigenvalue weighted by Gasteiger charge is 2.29. The number of rotatable bonds is 6. The van der Waals surface area contributed by atoms with Crippen molar-refractivity contribution in [2.24, 2.45) is 0 Å². The highest BCUT2D eigenvalue weighted by atomic mass is 16.5. The minimum atomic E-state index is -0.0804. The summed E-state index contributed by atoms with van der Waals surface area (Å²) in [4.78, 5) is 17.4. The van der Waals surface area contributed by atoms with Crippen LogP contribution in [0.25, 0.3) is 22.4 Å². The lowest BCUT2D eigenvalue weighted by molar-refractivity contribution is 0.0954. The molecule has 3 aromatic rings. The Hall–Kier alpha value is -2.69. The molecule has 1 amide bonds. The minimum Gasteiger partial charge on any atom is -0.352 e. The van der Waals surface area contributed by atoms with Crippen LogP contribution in [0.4, 0.5) is 0 Å². The zero-order valence-corrected chi connectivity index (χ0v) is 14.3. The molecule has 0 bridgehead atoms. The molecule has 2 heterocycles. The van der Waals surface area contributed by atoms with Gasteiger partial charge in [-0.25, -0.2) is 4.98 Å². The van der Waals surface area contributed by atoms with Gasteiger partial charge in [0.05, 0.1) is 10.9 Å². The van der Waals surface area contributed by atoms with Crippen LogP contribution in [-0.4, -0.2) is 22.6 Å². The standard InChI is InChI=1S/C20H21N3O2/c1-2-3-11-21-19(24)15-12-16(13-9-10-13)22-20-17(15)18(23-25-20)14-7-5-4-6-8-14/h4-8,12-13H,2-3,9-11H2,1H3,(H,21,24). The first-order chi connectivity index (χ1) is 12.3. The van der Waals surface area contributed by atoms with Crippen molar-refractivity contribution in [1.29, 1.82) is 0 Å². The summed E-state index contributed by atoms with van der Waals surface area (Å²) in [5.74, 6) is 0.361. The van der Waals surface area contributed by atoms with Crippen LogP contribution in [0.2, 0.25) is 0 Å². The van der Waals surface area contributed by atoms with E-state index in [0.717, 1.165) is 36.9 Å². The van der Waals surface area contributed by atoms with E-state index in [1.54, 1.807) is 0 Å². The van der Waals surface area contributed by atoms with E-state index in [1.807, 2.05) is 36.4 Å². The van der Waals surface area contributed by atoms with E-state index in [1.165, 1.54) is 0 Å². The van der Waals surface area contributed by atoms with Crippen molar-refractivity contribution in [2.75, 3.05) is 6.54 Å². The highest BCUT2D eigenvalue weighted by Crippen LogP contribution is 2.41. The first kappa shape index (κ1) is 15.8. The maximum Gasteiger partial charge on any atom is 0.259 e. The molecule has 1 fully saturated rings. The summed E-state index contributed by atoms with van der Waals surface area (Å²) >= 11 is 0. The van der Waals surface area contributed by atoms with Crippen molar-refractivity contribution in [2.45, 2.75) is 38.5 Å². The number of carbonyl (C=O) groups is 1. The number of hydrogen-bond donors (Lipinski definition) is 1. The van der Waals surface area contributed by atoms with E-state index in [4.69, 9.17) is 4.52 Å². The van der Waals surface area contributed by atoms with Crippen molar-refractivity contribution >= 4 is 17.0 Å². The second-order valence-corrected chi connectivity index (χ2v) is 6.56. The van der Waals surface area contributed by atoms with Gasteiger partial charge in [0, 0.05) is 23.7 Å². The fourth-order valence-electron chi connectivity index (χ4n) is 3.00. The molecular weight excluding hydrogens is 314 g/mol. The number of nitrogens with zero attached hydrogens (tertiary/aromatic N) is 2. The Morgan fingerprint density at radius 3 is 2.80 bits per heavy atom. The van der Waals surface area contributed by atoms with Gasteiger partial charge in [-0.1, -0.05) is 48.8 Å². The van der Waals surface area contributed by atoms with E-state index < -0.39 is 0 Å². The molecule has 1 saturated carbocycles. The quantitative estimate of drug-likeness (QED) is 0.682. The molecule has 5 nitrogen and oxygen atoms in total. The summed E-state index contributed by atoms with van der Waals surface area (Å²) in [6, 6.07) is 11.7. The lowest BCUT2D eigenvalue weighted by Gasteiger charge is -2.08. The smallest absolute Gasteiger partial charge is 0.259 e.